The monoisotopic (exact) mass is 472 g/mol. The smallest absolute Gasteiger partial charge is 0.406 e. The number of rotatable bonds is 6. The number of carbonyl (C=O) groups excluding carboxylic acids is 1. The second-order valence-electron chi connectivity index (χ2n) is 7.97. The molecule has 1 fully saturated rings. The zero-order valence-corrected chi connectivity index (χ0v) is 18.4. The predicted molar refractivity (Wildman–Crippen MR) is 119 cm³/mol. The highest BCUT2D eigenvalue weighted by molar-refractivity contribution is 5.92. The molecule has 1 aromatic carbocycles. The van der Waals surface area contributed by atoms with E-state index in [-0.39, 0.29) is 29.5 Å². The number of nitrogens with one attached hydrogen (secondary N) is 1. The number of halogens is 3. The number of amides is 1. The predicted octanol–water partition coefficient (Wildman–Crippen LogP) is 5.25. The molecule has 1 saturated carbocycles. The van der Waals surface area contributed by atoms with Crippen molar-refractivity contribution >= 4 is 11.7 Å². The Morgan fingerprint density at radius 3 is 2.47 bits per heavy atom. The van der Waals surface area contributed by atoms with Crippen LogP contribution in [-0.4, -0.2) is 40.4 Å². The largest absolute Gasteiger partial charge is 0.573 e. The second kappa shape index (κ2) is 10.2. The molecule has 0 radical (unpaired) electrons. The average molecular weight is 472 g/mol. The molecule has 1 aliphatic carbocycles. The molecular weight excluding hydrogens is 449 g/mol. The molecule has 2 heterocycles. The molecule has 2 aromatic heterocycles. The molecule has 1 amide bonds. The van der Waals surface area contributed by atoms with E-state index in [0.717, 1.165) is 25.7 Å². The van der Waals surface area contributed by atoms with Crippen LogP contribution in [0.25, 0.3) is 22.5 Å². The summed E-state index contributed by atoms with van der Waals surface area (Å²) in [7, 11) is 1.67. The lowest BCUT2D eigenvalue weighted by molar-refractivity contribution is -0.274. The van der Waals surface area contributed by atoms with Crippen LogP contribution in [0.15, 0.2) is 55.0 Å². The van der Waals surface area contributed by atoms with Gasteiger partial charge in [0, 0.05) is 36.5 Å². The fraction of sp³-hybridized carbons (Fsp3) is 0.333. The Hall–Kier alpha value is -3.53. The fourth-order valence-corrected chi connectivity index (χ4v) is 3.99. The summed E-state index contributed by atoms with van der Waals surface area (Å²) in [5, 5.41) is 2.83. The number of hydrogen-bond acceptors (Lipinski definition) is 6. The van der Waals surface area contributed by atoms with E-state index in [0.29, 0.717) is 22.5 Å². The number of alkyl halides is 3. The van der Waals surface area contributed by atoms with Crippen LogP contribution in [0.4, 0.5) is 19.0 Å². The van der Waals surface area contributed by atoms with Crippen molar-refractivity contribution < 1.29 is 27.4 Å². The minimum Gasteiger partial charge on any atom is -0.406 e. The van der Waals surface area contributed by atoms with E-state index in [2.05, 4.69) is 25.0 Å². The van der Waals surface area contributed by atoms with Crippen molar-refractivity contribution in [3.8, 4) is 28.3 Å². The summed E-state index contributed by atoms with van der Waals surface area (Å²) in [6, 6.07) is 8.97. The molecule has 0 aliphatic heterocycles. The van der Waals surface area contributed by atoms with E-state index in [1.807, 2.05) is 0 Å². The molecule has 3 aromatic rings. The molecule has 7 nitrogen and oxygen atoms in total. The van der Waals surface area contributed by atoms with Crippen molar-refractivity contribution in [2.45, 2.75) is 38.1 Å². The minimum atomic E-state index is -4.81. The highest BCUT2D eigenvalue weighted by atomic mass is 19.4. The standard InChI is InChI=1S/C24H23F3N4O3/c1-33-18-9-7-15(8-10-18)23(32)31-20-14-29-21(22(30-20)17-5-3-11-28-13-17)16-4-2-6-19(12-16)34-24(25,26)27/h2-6,11-15,18H,7-10H2,1H3,(H,30,31,32). The van der Waals surface area contributed by atoms with E-state index in [1.165, 1.54) is 24.4 Å². The molecule has 34 heavy (non-hydrogen) atoms. The zero-order chi connectivity index (χ0) is 24.1. The maximum Gasteiger partial charge on any atom is 0.573 e. The van der Waals surface area contributed by atoms with Gasteiger partial charge in [-0.2, -0.15) is 0 Å². The third-order valence-corrected chi connectivity index (χ3v) is 5.68. The number of pyridine rings is 1. The van der Waals surface area contributed by atoms with Crippen LogP contribution in [0.1, 0.15) is 25.7 Å². The zero-order valence-electron chi connectivity index (χ0n) is 18.4. The van der Waals surface area contributed by atoms with Gasteiger partial charge in [-0.15, -0.1) is 13.2 Å². The molecule has 1 N–H and O–H groups in total. The van der Waals surface area contributed by atoms with Crippen molar-refractivity contribution in [1.82, 2.24) is 15.0 Å². The summed E-state index contributed by atoms with van der Waals surface area (Å²) >= 11 is 0. The van der Waals surface area contributed by atoms with Crippen molar-refractivity contribution in [3.63, 3.8) is 0 Å². The van der Waals surface area contributed by atoms with Gasteiger partial charge in [0.05, 0.1) is 18.0 Å². The number of benzene rings is 1. The molecule has 0 spiro atoms. The number of nitrogens with zero attached hydrogens (tertiary/aromatic N) is 3. The first kappa shape index (κ1) is 23.6. The molecule has 10 heteroatoms. The van der Waals surface area contributed by atoms with E-state index in [9.17, 15) is 18.0 Å². The van der Waals surface area contributed by atoms with Crippen LogP contribution in [0.5, 0.6) is 5.75 Å². The average Bonchev–Trinajstić information content (AvgIpc) is 2.83. The number of carbonyl (C=O) groups is 1. The maximum atomic E-state index is 12.8. The molecule has 0 atom stereocenters. The number of hydrogen-bond donors (Lipinski definition) is 1. The van der Waals surface area contributed by atoms with Gasteiger partial charge in [0.15, 0.2) is 5.82 Å². The third-order valence-electron chi connectivity index (χ3n) is 5.68. The molecule has 178 valence electrons. The summed E-state index contributed by atoms with van der Waals surface area (Å²) < 4.78 is 47.5. The molecule has 4 rings (SSSR count). The summed E-state index contributed by atoms with van der Waals surface area (Å²) in [4.78, 5) is 25.9. The van der Waals surface area contributed by atoms with Gasteiger partial charge < -0.3 is 14.8 Å². The Kier molecular flexibility index (Phi) is 7.06. The van der Waals surface area contributed by atoms with Gasteiger partial charge >= 0.3 is 6.36 Å². The minimum absolute atomic E-state index is 0.144. The normalized spacial score (nSPS) is 18.4. The SMILES string of the molecule is COC1CCC(C(=O)Nc2cnc(-c3cccc(OC(F)(F)F)c3)c(-c3cccnc3)n2)CC1. The maximum absolute atomic E-state index is 12.8. The van der Waals surface area contributed by atoms with Crippen LogP contribution in [0.2, 0.25) is 0 Å². The van der Waals surface area contributed by atoms with Crippen LogP contribution in [0.3, 0.4) is 0 Å². The van der Waals surface area contributed by atoms with Gasteiger partial charge in [-0.3, -0.25) is 14.8 Å². The fourth-order valence-electron chi connectivity index (χ4n) is 3.99. The number of anilines is 1. The second-order valence-corrected chi connectivity index (χ2v) is 7.97. The van der Waals surface area contributed by atoms with Crippen molar-refractivity contribution in [2.24, 2.45) is 5.92 Å². The third kappa shape index (κ3) is 5.88. The summed E-state index contributed by atoms with van der Waals surface area (Å²) in [5.41, 5.74) is 1.69. The van der Waals surface area contributed by atoms with Gasteiger partial charge in [0.1, 0.15) is 11.4 Å². The van der Waals surface area contributed by atoms with E-state index >= 15 is 0 Å². The summed E-state index contributed by atoms with van der Waals surface area (Å²) in [6.45, 7) is 0. The van der Waals surface area contributed by atoms with Crippen LogP contribution < -0.4 is 10.1 Å². The molecule has 0 unspecified atom stereocenters. The molecule has 0 saturated heterocycles. The first-order chi connectivity index (χ1) is 16.3. The van der Waals surface area contributed by atoms with Gasteiger partial charge in [-0.1, -0.05) is 12.1 Å². The Labute approximate surface area is 194 Å². The highest BCUT2D eigenvalue weighted by Gasteiger charge is 2.31. The Morgan fingerprint density at radius 1 is 1.03 bits per heavy atom. The van der Waals surface area contributed by atoms with Gasteiger partial charge in [0.25, 0.3) is 0 Å². The first-order valence-electron chi connectivity index (χ1n) is 10.8. The van der Waals surface area contributed by atoms with Crippen molar-refractivity contribution in [3.05, 3.63) is 55.0 Å². The lowest BCUT2D eigenvalue weighted by Crippen LogP contribution is -2.29. The molecule has 1 aliphatic rings. The van der Waals surface area contributed by atoms with E-state index < -0.39 is 6.36 Å². The molecule has 0 bridgehead atoms. The van der Waals surface area contributed by atoms with Gasteiger partial charge in [-0.25, -0.2) is 4.98 Å². The van der Waals surface area contributed by atoms with Crippen LogP contribution in [-0.2, 0) is 9.53 Å². The number of aromatic nitrogens is 3. The first-order valence-corrected chi connectivity index (χ1v) is 10.8. The van der Waals surface area contributed by atoms with Crippen molar-refractivity contribution in [1.29, 1.82) is 0 Å². The van der Waals surface area contributed by atoms with Crippen molar-refractivity contribution in [2.75, 3.05) is 12.4 Å². The Morgan fingerprint density at radius 2 is 1.79 bits per heavy atom. The topological polar surface area (TPSA) is 86.2 Å². The van der Waals surface area contributed by atoms with Gasteiger partial charge in [-0.05, 0) is 49.9 Å². The lowest BCUT2D eigenvalue weighted by atomic mass is 9.87. The lowest BCUT2D eigenvalue weighted by Gasteiger charge is -2.26. The van der Waals surface area contributed by atoms with Gasteiger partial charge in [0.2, 0.25) is 5.91 Å². The Bertz CT molecular complexity index is 1130. The summed E-state index contributed by atoms with van der Waals surface area (Å²) in [5.74, 6) is -0.405. The number of methoxy groups -OCH3 is 1. The van der Waals surface area contributed by atoms with Crippen LogP contribution >= 0.6 is 0 Å². The van der Waals surface area contributed by atoms with Crippen LogP contribution in [0, 0.1) is 5.92 Å². The number of ether oxygens (including phenoxy) is 2. The van der Waals surface area contributed by atoms with E-state index in [4.69, 9.17) is 4.74 Å². The highest BCUT2D eigenvalue weighted by Crippen LogP contribution is 2.33. The molecular formula is C24H23F3N4O3. The quantitative estimate of drug-likeness (QED) is 0.528. The van der Waals surface area contributed by atoms with E-state index in [1.54, 1.807) is 37.7 Å². The summed E-state index contributed by atoms with van der Waals surface area (Å²) in [6.07, 6.45) is 2.99. The Balaban J connectivity index is 1.63.